The van der Waals surface area contributed by atoms with Crippen LogP contribution in [-0.2, 0) is 4.74 Å². The van der Waals surface area contributed by atoms with E-state index in [4.69, 9.17) is 4.74 Å². The SMILES string of the molecule is O=C(NCC1(O)CCOC1)c1ccc(Br)cn1. The zero-order valence-corrected chi connectivity index (χ0v) is 10.7. The molecule has 0 radical (unpaired) electrons. The molecule has 1 aliphatic heterocycles. The van der Waals surface area contributed by atoms with Crippen molar-refractivity contribution in [3.8, 4) is 0 Å². The van der Waals surface area contributed by atoms with Crippen LogP contribution in [0.2, 0.25) is 0 Å². The number of nitrogens with zero attached hydrogens (tertiary/aromatic N) is 1. The number of nitrogens with one attached hydrogen (secondary N) is 1. The van der Waals surface area contributed by atoms with Gasteiger partial charge in [-0.3, -0.25) is 4.79 Å². The van der Waals surface area contributed by atoms with Gasteiger partial charge < -0.3 is 15.2 Å². The number of carbonyl (C=O) groups excluding carboxylic acids is 1. The third kappa shape index (κ3) is 3.24. The monoisotopic (exact) mass is 300 g/mol. The highest BCUT2D eigenvalue weighted by Crippen LogP contribution is 2.17. The van der Waals surface area contributed by atoms with Gasteiger partial charge in [-0.05, 0) is 28.1 Å². The van der Waals surface area contributed by atoms with Crippen LogP contribution in [0.5, 0.6) is 0 Å². The Hall–Kier alpha value is -0.980. The first kappa shape index (κ1) is 12.5. The fraction of sp³-hybridized carbons (Fsp3) is 0.455. The number of pyridine rings is 1. The maximum absolute atomic E-state index is 11.7. The zero-order chi connectivity index (χ0) is 12.3. The first-order valence-electron chi connectivity index (χ1n) is 5.29. The van der Waals surface area contributed by atoms with Gasteiger partial charge in [0.25, 0.3) is 5.91 Å². The first-order valence-corrected chi connectivity index (χ1v) is 6.08. The van der Waals surface area contributed by atoms with E-state index < -0.39 is 5.60 Å². The summed E-state index contributed by atoms with van der Waals surface area (Å²) in [5.41, 5.74) is -0.610. The van der Waals surface area contributed by atoms with Crippen molar-refractivity contribution in [3.05, 3.63) is 28.5 Å². The van der Waals surface area contributed by atoms with Gasteiger partial charge in [-0.15, -0.1) is 0 Å². The molecule has 17 heavy (non-hydrogen) atoms. The molecule has 0 bridgehead atoms. The summed E-state index contributed by atoms with van der Waals surface area (Å²) in [4.78, 5) is 15.7. The Bertz CT molecular complexity index is 402. The summed E-state index contributed by atoms with van der Waals surface area (Å²) >= 11 is 3.25. The van der Waals surface area contributed by atoms with Gasteiger partial charge in [0, 0.05) is 30.2 Å². The van der Waals surface area contributed by atoms with Crippen molar-refractivity contribution in [1.82, 2.24) is 10.3 Å². The quantitative estimate of drug-likeness (QED) is 0.863. The average Bonchev–Trinajstić information content (AvgIpc) is 2.75. The van der Waals surface area contributed by atoms with E-state index >= 15 is 0 Å². The van der Waals surface area contributed by atoms with Crippen LogP contribution in [0.1, 0.15) is 16.9 Å². The molecule has 1 saturated heterocycles. The molecular weight excluding hydrogens is 288 g/mol. The van der Waals surface area contributed by atoms with E-state index in [0.29, 0.717) is 18.7 Å². The number of hydrogen-bond donors (Lipinski definition) is 2. The Morgan fingerprint density at radius 3 is 3.06 bits per heavy atom. The molecule has 1 aromatic rings. The van der Waals surface area contributed by atoms with E-state index in [9.17, 15) is 9.90 Å². The lowest BCUT2D eigenvalue weighted by Gasteiger charge is -2.20. The molecule has 1 aliphatic rings. The Balaban J connectivity index is 1.91. The highest BCUT2D eigenvalue weighted by molar-refractivity contribution is 9.10. The molecule has 92 valence electrons. The van der Waals surface area contributed by atoms with Gasteiger partial charge in [0.2, 0.25) is 0 Å². The van der Waals surface area contributed by atoms with Gasteiger partial charge in [-0.25, -0.2) is 4.98 Å². The summed E-state index contributed by atoms with van der Waals surface area (Å²) in [6, 6.07) is 3.36. The van der Waals surface area contributed by atoms with Crippen LogP contribution in [0, 0.1) is 0 Å². The van der Waals surface area contributed by atoms with Crippen molar-refractivity contribution >= 4 is 21.8 Å². The summed E-state index contributed by atoms with van der Waals surface area (Å²) < 4.78 is 5.91. The van der Waals surface area contributed by atoms with Crippen LogP contribution in [0.15, 0.2) is 22.8 Å². The minimum absolute atomic E-state index is 0.184. The van der Waals surface area contributed by atoms with Crippen LogP contribution >= 0.6 is 15.9 Å². The van der Waals surface area contributed by atoms with E-state index in [0.717, 1.165) is 4.47 Å². The van der Waals surface area contributed by atoms with Crippen LogP contribution in [0.3, 0.4) is 0 Å². The first-order chi connectivity index (χ1) is 8.09. The smallest absolute Gasteiger partial charge is 0.269 e. The molecule has 2 heterocycles. The maximum Gasteiger partial charge on any atom is 0.269 e. The summed E-state index contributed by atoms with van der Waals surface area (Å²) in [5, 5.41) is 12.6. The molecule has 0 saturated carbocycles. The minimum Gasteiger partial charge on any atom is -0.386 e. The van der Waals surface area contributed by atoms with Crippen LogP contribution in [0.4, 0.5) is 0 Å². The summed E-state index contributed by atoms with van der Waals surface area (Å²) in [6.07, 6.45) is 2.10. The van der Waals surface area contributed by atoms with Crippen LogP contribution < -0.4 is 5.32 Å². The molecule has 0 aromatic carbocycles. The standard InChI is InChI=1S/C11H13BrN2O3/c12-8-1-2-9(13-5-8)10(15)14-6-11(16)3-4-17-7-11/h1-2,5,16H,3-4,6-7H2,(H,14,15). The topological polar surface area (TPSA) is 71.5 Å². The Morgan fingerprint density at radius 1 is 1.65 bits per heavy atom. The molecular formula is C11H13BrN2O3. The summed E-state index contributed by atoms with van der Waals surface area (Å²) in [6.45, 7) is 0.980. The van der Waals surface area contributed by atoms with Crippen LogP contribution in [0.25, 0.3) is 0 Å². The fourth-order valence-electron chi connectivity index (χ4n) is 1.58. The van der Waals surface area contributed by atoms with E-state index in [1.54, 1.807) is 18.3 Å². The predicted molar refractivity (Wildman–Crippen MR) is 64.7 cm³/mol. The molecule has 1 unspecified atom stereocenters. The van der Waals surface area contributed by atoms with E-state index in [-0.39, 0.29) is 19.1 Å². The van der Waals surface area contributed by atoms with Crippen molar-refractivity contribution in [3.63, 3.8) is 0 Å². The van der Waals surface area contributed by atoms with Crippen molar-refractivity contribution in [1.29, 1.82) is 0 Å². The summed E-state index contributed by atoms with van der Waals surface area (Å²) in [7, 11) is 0. The molecule has 1 amide bonds. The number of aliphatic hydroxyl groups is 1. The van der Waals surface area contributed by atoms with Gasteiger partial charge in [0.1, 0.15) is 11.3 Å². The lowest BCUT2D eigenvalue weighted by atomic mass is 10.0. The second kappa shape index (κ2) is 5.12. The largest absolute Gasteiger partial charge is 0.386 e. The number of ether oxygens (including phenoxy) is 1. The van der Waals surface area contributed by atoms with Gasteiger partial charge >= 0.3 is 0 Å². The Morgan fingerprint density at radius 2 is 2.47 bits per heavy atom. The van der Waals surface area contributed by atoms with Gasteiger partial charge in [-0.2, -0.15) is 0 Å². The lowest BCUT2D eigenvalue weighted by Crippen LogP contribution is -2.43. The Kier molecular flexibility index (Phi) is 3.76. The number of amides is 1. The molecule has 0 spiro atoms. The third-order valence-corrected chi connectivity index (χ3v) is 3.09. The maximum atomic E-state index is 11.7. The van der Waals surface area contributed by atoms with E-state index in [1.807, 2.05) is 0 Å². The third-order valence-electron chi connectivity index (χ3n) is 2.62. The summed E-state index contributed by atoms with van der Waals surface area (Å²) in [5.74, 6) is -0.294. The molecule has 2 N–H and O–H groups in total. The van der Waals surface area contributed by atoms with E-state index in [2.05, 4.69) is 26.2 Å². The normalized spacial score (nSPS) is 23.6. The van der Waals surface area contributed by atoms with Crippen molar-refractivity contribution in [2.24, 2.45) is 0 Å². The molecule has 6 heteroatoms. The number of aromatic nitrogens is 1. The van der Waals surface area contributed by atoms with Gasteiger partial charge in [-0.1, -0.05) is 0 Å². The van der Waals surface area contributed by atoms with E-state index in [1.165, 1.54) is 0 Å². The predicted octanol–water partition coefficient (Wildman–Crippen LogP) is 0.725. The number of carbonyl (C=O) groups is 1. The number of halogens is 1. The van der Waals surface area contributed by atoms with Crippen molar-refractivity contribution in [2.45, 2.75) is 12.0 Å². The van der Waals surface area contributed by atoms with Crippen LogP contribution in [-0.4, -0.2) is 41.4 Å². The second-order valence-electron chi connectivity index (χ2n) is 4.07. The molecule has 5 nitrogen and oxygen atoms in total. The molecule has 0 aliphatic carbocycles. The molecule has 2 rings (SSSR count). The highest BCUT2D eigenvalue weighted by Gasteiger charge is 2.32. The number of hydrogen-bond acceptors (Lipinski definition) is 4. The van der Waals surface area contributed by atoms with Gasteiger partial charge in [0.05, 0.1) is 6.61 Å². The Labute approximate surface area is 107 Å². The molecule has 1 fully saturated rings. The average molecular weight is 301 g/mol. The zero-order valence-electron chi connectivity index (χ0n) is 9.15. The lowest BCUT2D eigenvalue weighted by molar-refractivity contribution is 0.0264. The highest BCUT2D eigenvalue weighted by atomic mass is 79.9. The van der Waals surface area contributed by atoms with Crippen molar-refractivity contribution < 1.29 is 14.6 Å². The van der Waals surface area contributed by atoms with Crippen molar-refractivity contribution in [2.75, 3.05) is 19.8 Å². The molecule has 1 aromatic heterocycles. The molecule has 1 atom stereocenters. The number of rotatable bonds is 3. The van der Waals surface area contributed by atoms with Gasteiger partial charge in [0.15, 0.2) is 0 Å². The fourth-order valence-corrected chi connectivity index (χ4v) is 1.82. The minimum atomic E-state index is -0.939. The second-order valence-corrected chi connectivity index (χ2v) is 4.99.